The molecule has 0 saturated heterocycles. The fraction of sp³-hybridized carbons (Fsp3) is 0.200. The molecule has 0 radical (unpaired) electrons. The second kappa shape index (κ2) is 2.88. The van der Waals surface area contributed by atoms with Gasteiger partial charge in [0.15, 0.2) is 0 Å². The first-order valence-corrected chi connectivity index (χ1v) is 4.77. The van der Waals surface area contributed by atoms with Crippen LogP contribution in [-0.4, -0.2) is 5.11 Å². The highest BCUT2D eigenvalue weighted by molar-refractivity contribution is 7.17. The molecule has 2 aromatic rings. The monoisotopic (exact) mass is 178 g/mol. The van der Waals surface area contributed by atoms with Crippen LogP contribution < -0.4 is 0 Å². The zero-order valence-corrected chi connectivity index (χ0v) is 7.69. The van der Waals surface area contributed by atoms with Gasteiger partial charge in [-0.2, -0.15) is 0 Å². The lowest BCUT2D eigenvalue weighted by Gasteiger charge is -1.96. The molecule has 1 N–H and O–H groups in total. The van der Waals surface area contributed by atoms with Gasteiger partial charge in [-0.15, -0.1) is 11.3 Å². The van der Waals surface area contributed by atoms with Crippen LogP contribution in [0.25, 0.3) is 10.1 Å². The van der Waals surface area contributed by atoms with E-state index in [1.54, 1.807) is 11.3 Å². The van der Waals surface area contributed by atoms with E-state index in [-0.39, 0.29) is 6.61 Å². The minimum atomic E-state index is 0.130. The summed E-state index contributed by atoms with van der Waals surface area (Å²) in [4.78, 5) is 0. The number of aliphatic hydroxyl groups excluding tert-OH is 1. The second-order valence-corrected chi connectivity index (χ2v) is 3.82. The molecule has 0 unspecified atom stereocenters. The molecular weight excluding hydrogens is 168 g/mol. The molecule has 62 valence electrons. The summed E-state index contributed by atoms with van der Waals surface area (Å²) in [6.45, 7) is 2.23. The topological polar surface area (TPSA) is 20.2 Å². The number of thiophene rings is 1. The van der Waals surface area contributed by atoms with E-state index >= 15 is 0 Å². The highest BCUT2D eigenvalue weighted by Gasteiger charge is 1.99. The maximum atomic E-state index is 8.93. The van der Waals surface area contributed by atoms with Gasteiger partial charge in [-0.05, 0) is 40.9 Å². The molecule has 0 amide bonds. The minimum absolute atomic E-state index is 0.130. The third kappa shape index (κ3) is 1.13. The molecule has 0 bridgehead atoms. The Kier molecular flexibility index (Phi) is 1.87. The van der Waals surface area contributed by atoms with Gasteiger partial charge < -0.3 is 5.11 Å². The fourth-order valence-corrected chi connectivity index (χ4v) is 2.23. The van der Waals surface area contributed by atoms with Gasteiger partial charge in [0.2, 0.25) is 0 Å². The van der Waals surface area contributed by atoms with E-state index in [4.69, 9.17) is 5.11 Å². The van der Waals surface area contributed by atoms with Gasteiger partial charge in [-0.1, -0.05) is 6.07 Å². The normalized spacial score (nSPS) is 10.8. The zero-order valence-electron chi connectivity index (χ0n) is 6.87. The van der Waals surface area contributed by atoms with Gasteiger partial charge in [0.05, 0.1) is 6.61 Å². The van der Waals surface area contributed by atoms with Crippen LogP contribution in [0.4, 0.5) is 0 Å². The molecule has 0 atom stereocenters. The van der Waals surface area contributed by atoms with Crippen molar-refractivity contribution < 1.29 is 5.11 Å². The second-order valence-electron chi connectivity index (χ2n) is 2.91. The number of hydrogen-bond donors (Lipinski definition) is 1. The van der Waals surface area contributed by atoms with Crippen LogP contribution in [-0.2, 0) is 6.61 Å². The Labute approximate surface area is 75.3 Å². The quantitative estimate of drug-likeness (QED) is 0.711. The van der Waals surface area contributed by atoms with E-state index in [0.29, 0.717) is 0 Å². The van der Waals surface area contributed by atoms with Gasteiger partial charge >= 0.3 is 0 Å². The lowest BCUT2D eigenvalue weighted by Crippen LogP contribution is -1.80. The molecule has 1 nitrogen and oxygen atoms in total. The third-order valence-corrected chi connectivity index (χ3v) is 3.10. The van der Waals surface area contributed by atoms with Crippen LogP contribution in [0.3, 0.4) is 0 Å². The van der Waals surface area contributed by atoms with Crippen LogP contribution in [0.15, 0.2) is 23.6 Å². The van der Waals surface area contributed by atoms with E-state index in [9.17, 15) is 0 Å². The van der Waals surface area contributed by atoms with Crippen LogP contribution in [0.5, 0.6) is 0 Å². The number of rotatable bonds is 1. The molecule has 0 aliphatic heterocycles. The summed E-state index contributed by atoms with van der Waals surface area (Å²) in [7, 11) is 0. The Morgan fingerprint density at radius 1 is 1.42 bits per heavy atom. The summed E-state index contributed by atoms with van der Waals surface area (Å²) in [5, 5.41) is 12.3. The summed E-state index contributed by atoms with van der Waals surface area (Å²) in [5.74, 6) is 0. The first-order valence-electron chi connectivity index (χ1n) is 3.89. The molecule has 0 aliphatic carbocycles. The van der Waals surface area contributed by atoms with E-state index in [0.717, 1.165) is 5.56 Å². The van der Waals surface area contributed by atoms with Crippen molar-refractivity contribution in [2.45, 2.75) is 13.5 Å². The standard InChI is InChI=1S/C10H10OS/c1-7-6-12-10-3-2-8(5-11)4-9(7)10/h2-4,6,11H,5H2,1H3. The summed E-state index contributed by atoms with van der Waals surface area (Å²) < 4.78 is 1.30. The van der Waals surface area contributed by atoms with E-state index in [1.807, 2.05) is 6.07 Å². The summed E-state index contributed by atoms with van der Waals surface area (Å²) in [6, 6.07) is 6.10. The first kappa shape index (κ1) is 7.77. The number of hydrogen-bond acceptors (Lipinski definition) is 2. The smallest absolute Gasteiger partial charge is 0.0682 e. The van der Waals surface area contributed by atoms with Crippen molar-refractivity contribution in [1.82, 2.24) is 0 Å². The van der Waals surface area contributed by atoms with Gasteiger partial charge in [0.1, 0.15) is 0 Å². The zero-order chi connectivity index (χ0) is 8.55. The average molecular weight is 178 g/mol. The van der Waals surface area contributed by atoms with Crippen molar-refractivity contribution in [1.29, 1.82) is 0 Å². The Balaban J connectivity index is 2.71. The maximum Gasteiger partial charge on any atom is 0.0682 e. The SMILES string of the molecule is Cc1csc2ccc(CO)cc12. The highest BCUT2D eigenvalue weighted by atomic mass is 32.1. The van der Waals surface area contributed by atoms with Gasteiger partial charge in [-0.3, -0.25) is 0 Å². The summed E-state index contributed by atoms with van der Waals surface area (Å²) in [6.07, 6.45) is 0. The Hall–Kier alpha value is -0.860. The van der Waals surface area contributed by atoms with Crippen molar-refractivity contribution in [3.63, 3.8) is 0 Å². The molecule has 1 aromatic heterocycles. The van der Waals surface area contributed by atoms with Crippen molar-refractivity contribution in [3.05, 3.63) is 34.7 Å². The molecule has 1 heterocycles. The molecule has 0 fully saturated rings. The first-order chi connectivity index (χ1) is 5.81. The molecule has 0 aliphatic rings. The third-order valence-electron chi connectivity index (χ3n) is 2.01. The Morgan fingerprint density at radius 2 is 2.25 bits per heavy atom. The van der Waals surface area contributed by atoms with Crippen molar-refractivity contribution in [3.8, 4) is 0 Å². The van der Waals surface area contributed by atoms with E-state index in [2.05, 4.69) is 24.4 Å². The predicted molar refractivity (Wildman–Crippen MR) is 52.5 cm³/mol. The van der Waals surface area contributed by atoms with Crippen molar-refractivity contribution in [2.24, 2.45) is 0 Å². The van der Waals surface area contributed by atoms with E-state index < -0.39 is 0 Å². The van der Waals surface area contributed by atoms with Crippen LogP contribution >= 0.6 is 11.3 Å². The molecule has 0 saturated carbocycles. The van der Waals surface area contributed by atoms with Gasteiger partial charge in [-0.25, -0.2) is 0 Å². The average Bonchev–Trinajstić information content (AvgIpc) is 2.47. The molecule has 12 heavy (non-hydrogen) atoms. The largest absolute Gasteiger partial charge is 0.392 e. The Bertz CT molecular complexity index is 403. The van der Waals surface area contributed by atoms with Crippen LogP contribution in [0, 0.1) is 6.92 Å². The lowest BCUT2D eigenvalue weighted by molar-refractivity contribution is 0.282. The number of aryl methyl sites for hydroxylation is 1. The van der Waals surface area contributed by atoms with E-state index in [1.165, 1.54) is 15.6 Å². The molecule has 2 heteroatoms. The van der Waals surface area contributed by atoms with Gasteiger partial charge in [0.25, 0.3) is 0 Å². The van der Waals surface area contributed by atoms with Crippen molar-refractivity contribution >= 4 is 21.4 Å². The Morgan fingerprint density at radius 3 is 3.00 bits per heavy atom. The summed E-state index contributed by atoms with van der Waals surface area (Å²) in [5.41, 5.74) is 2.29. The van der Waals surface area contributed by atoms with Crippen molar-refractivity contribution in [2.75, 3.05) is 0 Å². The number of aliphatic hydroxyl groups is 1. The fourth-order valence-electron chi connectivity index (χ4n) is 1.30. The molecule has 0 spiro atoms. The molecule has 1 aromatic carbocycles. The van der Waals surface area contributed by atoms with Gasteiger partial charge in [0, 0.05) is 4.70 Å². The summed E-state index contributed by atoms with van der Waals surface area (Å²) >= 11 is 1.75. The highest BCUT2D eigenvalue weighted by Crippen LogP contribution is 2.25. The molecule has 2 rings (SSSR count). The minimum Gasteiger partial charge on any atom is -0.392 e. The number of fused-ring (bicyclic) bond motifs is 1. The molecular formula is C10H10OS. The van der Waals surface area contributed by atoms with Crippen LogP contribution in [0.2, 0.25) is 0 Å². The number of benzene rings is 1. The lowest BCUT2D eigenvalue weighted by atomic mass is 10.1. The van der Waals surface area contributed by atoms with Crippen LogP contribution in [0.1, 0.15) is 11.1 Å². The predicted octanol–water partition coefficient (Wildman–Crippen LogP) is 2.70. The maximum absolute atomic E-state index is 8.93.